The molecule has 3 rings (SSSR count). The van der Waals surface area contributed by atoms with Crippen molar-refractivity contribution in [3.8, 4) is 5.75 Å². The van der Waals surface area contributed by atoms with Crippen LogP contribution in [0, 0.1) is 6.92 Å². The summed E-state index contributed by atoms with van der Waals surface area (Å²) in [6.07, 6.45) is 4.52. The largest absolute Gasteiger partial charge is 0.497 e. The third kappa shape index (κ3) is 5.17. The maximum Gasteiger partial charge on any atom is 0.132 e. The van der Waals surface area contributed by atoms with Gasteiger partial charge in [0.05, 0.1) is 7.11 Å². The minimum atomic E-state index is 0.676. The molecule has 0 aliphatic carbocycles. The lowest BCUT2D eigenvalue weighted by atomic mass is 10.1. The van der Waals surface area contributed by atoms with Gasteiger partial charge in [-0.25, -0.2) is 9.97 Å². The molecule has 0 aliphatic heterocycles. The van der Waals surface area contributed by atoms with E-state index in [0.29, 0.717) is 6.54 Å². The summed E-state index contributed by atoms with van der Waals surface area (Å²) in [6.45, 7) is 3.37. The molecule has 0 saturated carbocycles. The topological polar surface area (TPSA) is 72.0 Å². The van der Waals surface area contributed by atoms with E-state index >= 15 is 0 Å². The molecule has 0 saturated heterocycles. The van der Waals surface area contributed by atoms with Gasteiger partial charge in [-0.05, 0) is 42.7 Å². The second kappa shape index (κ2) is 8.80. The average Bonchev–Trinajstić information content (AvgIpc) is 2.67. The first kappa shape index (κ1) is 17.7. The van der Waals surface area contributed by atoms with Crippen molar-refractivity contribution in [3.63, 3.8) is 0 Å². The Morgan fingerprint density at radius 3 is 2.42 bits per heavy atom. The van der Waals surface area contributed by atoms with Crippen molar-refractivity contribution in [1.82, 2.24) is 15.0 Å². The lowest BCUT2D eigenvalue weighted by molar-refractivity contribution is 0.414. The molecule has 1 aromatic carbocycles. The third-order valence-corrected chi connectivity index (χ3v) is 3.91. The molecule has 3 aromatic rings. The molecule has 2 aromatic heterocycles. The number of hydrogen-bond donors (Lipinski definition) is 2. The van der Waals surface area contributed by atoms with E-state index in [9.17, 15) is 0 Å². The summed E-state index contributed by atoms with van der Waals surface area (Å²) in [5.74, 6) is 3.22. The Morgan fingerprint density at radius 2 is 1.73 bits per heavy atom. The lowest BCUT2D eigenvalue weighted by Crippen LogP contribution is -2.09. The van der Waals surface area contributed by atoms with Gasteiger partial charge in [0.1, 0.15) is 23.2 Å². The van der Waals surface area contributed by atoms with Crippen LogP contribution in [0.3, 0.4) is 0 Å². The fourth-order valence-electron chi connectivity index (χ4n) is 2.57. The van der Waals surface area contributed by atoms with Gasteiger partial charge in [-0.1, -0.05) is 18.2 Å². The molecule has 134 valence electrons. The number of hydrogen-bond acceptors (Lipinski definition) is 6. The molecule has 0 aliphatic rings. The van der Waals surface area contributed by atoms with Crippen LogP contribution in [-0.4, -0.2) is 28.6 Å². The number of anilines is 2. The van der Waals surface area contributed by atoms with E-state index < -0.39 is 0 Å². The molecule has 2 N–H and O–H groups in total. The van der Waals surface area contributed by atoms with Crippen LogP contribution in [0.1, 0.15) is 17.0 Å². The Kier molecular flexibility index (Phi) is 5.98. The van der Waals surface area contributed by atoms with E-state index in [2.05, 4.69) is 37.7 Å². The number of pyridine rings is 1. The normalized spacial score (nSPS) is 10.4. The number of benzene rings is 1. The van der Waals surface area contributed by atoms with Crippen molar-refractivity contribution in [1.29, 1.82) is 0 Å². The fraction of sp³-hybridized carbons (Fsp3) is 0.250. The van der Waals surface area contributed by atoms with Crippen molar-refractivity contribution >= 4 is 11.6 Å². The number of aryl methyl sites for hydroxylation is 1. The molecule has 0 bridgehead atoms. The van der Waals surface area contributed by atoms with Crippen LogP contribution in [0.5, 0.6) is 5.75 Å². The average molecular weight is 349 g/mol. The third-order valence-electron chi connectivity index (χ3n) is 3.91. The second-order valence-corrected chi connectivity index (χ2v) is 5.93. The van der Waals surface area contributed by atoms with Gasteiger partial charge in [0.2, 0.25) is 0 Å². The highest BCUT2D eigenvalue weighted by Gasteiger charge is 2.03. The number of nitrogens with zero attached hydrogens (tertiary/aromatic N) is 3. The summed E-state index contributed by atoms with van der Waals surface area (Å²) in [7, 11) is 1.67. The monoisotopic (exact) mass is 349 g/mol. The number of methoxy groups -OCH3 is 1. The van der Waals surface area contributed by atoms with Gasteiger partial charge in [-0.3, -0.25) is 4.98 Å². The summed E-state index contributed by atoms with van der Waals surface area (Å²) in [5.41, 5.74) is 2.36. The summed E-state index contributed by atoms with van der Waals surface area (Å²) >= 11 is 0. The molecule has 0 amide bonds. The van der Waals surface area contributed by atoms with Gasteiger partial charge in [-0.2, -0.15) is 0 Å². The number of nitrogens with one attached hydrogen (secondary N) is 2. The molecule has 0 unspecified atom stereocenters. The molecular weight excluding hydrogens is 326 g/mol. The molecule has 0 atom stereocenters. The standard InChI is InChI=1S/C20H23N5O/c1-15-24-19(22-11-9-16-5-7-18(26-2)8-6-16)12-20(25-15)23-14-17-4-3-10-21-13-17/h3-8,10,12-13H,9,11,14H2,1-2H3,(H2,22,23,24,25). The Hall–Kier alpha value is -3.15. The summed E-state index contributed by atoms with van der Waals surface area (Å²) < 4.78 is 5.18. The fourth-order valence-corrected chi connectivity index (χ4v) is 2.57. The first-order valence-corrected chi connectivity index (χ1v) is 8.58. The molecule has 0 fully saturated rings. The van der Waals surface area contributed by atoms with Crippen molar-refractivity contribution in [3.05, 3.63) is 71.8 Å². The zero-order chi connectivity index (χ0) is 18.2. The predicted molar refractivity (Wildman–Crippen MR) is 104 cm³/mol. The minimum Gasteiger partial charge on any atom is -0.497 e. The summed E-state index contributed by atoms with van der Waals surface area (Å²) in [4.78, 5) is 13.0. The molecule has 6 heteroatoms. The zero-order valence-corrected chi connectivity index (χ0v) is 15.1. The first-order valence-electron chi connectivity index (χ1n) is 8.58. The smallest absolute Gasteiger partial charge is 0.132 e. The number of rotatable bonds is 8. The van der Waals surface area contributed by atoms with Gasteiger partial charge in [0.15, 0.2) is 0 Å². The lowest BCUT2D eigenvalue weighted by Gasteiger charge is -2.10. The quantitative estimate of drug-likeness (QED) is 0.649. The Bertz CT molecular complexity index is 821. The van der Waals surface area contributed by atoms with Crippen molar-refractivity contribution in [2.75, 3.05) is 24.3 Å². The Morgan fingerprint density at radius 1 is 0.962 bits per heavy atom. The highest BCUT2D eigenvalue weighted by Crippen LogP contribution is 2.14. The zero-order valence-electron chi connectivity index (χ0n) is 15.1. The summed E-state index contributed by atoms with van der Waals surface area (Å²) in [5, 5.41) is 6.68. The van der Waals surface area contributed by atoms with Crippen LogP contribution >= 0.6 is 0 Å². The maximum absolute atomic E-state index is 5.18. The van der Waals surface area contributed by atoms with E-state index in [1.165, 1.54) is 5.56 Å². The molecule has 6 nitrogen and oxygen atoms in total. The SMILES string of the molecule is COc1ccc(CCNc2cc(NCc3cccnc3)nc(C)n2)cc1. The minimum absolute atomic E-state index is 0.676. The van der Waals surface area contributed by atoms with Crippen molar-refractivity contribution in [2.45, 2.75) is 19.9 Å². The highest BCUT2D eigenvalue weighted by molar-refractivity contribution is 5.48. The summed E-state index contributed by atoms with van der Waals surface area (Å²) in [6, 6.07) is 14.0. The highest BCUT2D eigenvalue weighted by atomic mass is 16.5. The Labute approximate surface area is 153 Å². The van der Waals surface area contributed by atoms with E-state index in [-0.39, 0.29) is 0 Å². The van der Waals surface area contributed by atoms with Gasteiger partial charge in [0, 0.05) is 31.5 Å². The van der Waals surface area contributed by atoms with Crippen LogP contribution in [-0.2, 0) is 13.0 Å². The van der Waals surface area contributed by atoms with Gasteiger partial charge in [-0.15, -0.1) is 0 Å². The second-order valence-electron chi connectivity index (χ2n) is 5.93. The molecule has 0 spiro atoms. The molecule has 2 heterocycles. The van der Waals surface area contributed by atoms with Crippen LogP contribution in [0.4, 0.5) is 11.6 Å². The van der Waals surface area contributed by atoms with E-state index in [1.807, 2.05) is 43.5 Å². The number of aromatic nitrogens is 3. The van der Waals surface area contributed by atoms with E-state index in [4.69, 9.17) is 4.74 Å². The van der Waals surface area contributed by atoms with E-state index in [1.54, 1.807) is 13.3 Å². The number of ether oxygens (including phenoxy) is 1. The molecule has 0 radical (unpaired) electrons. The molecule has 26 heavy (non-hydrogen) atoms. The van der Waals surface area contributed by atoms with Gasteiger partial charge < -0.3 is 15.4 Å². The Balaban J connectivity index is 1.54. The van der Waals surface area contributed by atoms with Crippen LogP contribution < -0.4 is 15.4 Å². The van der Waals surface area contributed by atoms with Crippen molar-refractivity contribution < 1.29 is 4.74 Å². The first-order chi connectivity index (χ1) is 12.7. The van der Waals surface area contributed by atoms with Crippen LogP contribution in [0.2, 0.25) is 0 Å². The maximum atomic E-state index is 5.18. The van der Waals surface area contributed by atoms with E-state index in [0.717, 1.165) is 41.7 Å². The van der Waals surface area contributed by atoms with Crippen molar-refractivity contribution in [2.24, 2.45) is 0 Å². The predicted octanol–water partition coefficient (Wildman–Crippen LogP) is 3.46. The van der Waals surface area contributed by atoms with Crippen LogP contribution in [0.25, 0.3) is 0 Å². The molecular formula is C20H23N5O. The van der Waals surface area contributed by atoms with Gasteiger partial charge in [0.25, 0.3) is 0 Å². The van der Waals surface area contributed by atoms with Gasteiger partial charge >= 0.3 is 0 Å². The van der Waals surface area contributed by atoms with Crippen LogP contribution in [0.15, 0.2) is 54.9 Å².